The number of aliphatic hydroxyl groups is 1. The molecule has 3 aliphatic rings. The Kier molecular flexibility index (Phi) is 4.68. The maximum absolute atomic E-state index is 10.9. The molecule has 0 bridgehead atoms. The Labute approximate surface area is 180 Å². The third-order valence-electron chi connectivity index (χ3n) is 6.68. The van der Waals surface area contributed by atoms with Gasteiger partial charge in [-0.15, -0.1) is 0 Å². The first-order valence-electron chi connectivity index (χ1n) is 10.9. The zero-order chi connectivity index (χ0) is 20.8. The summed E-state index contributed by atoms with van der Waals surface area (Å²) < 4.78 is 15.8. The van der Waals surface area contributed by atoms with Gasteiger partial charge in [0.15, 0.2) is 5.52 Å². The smallest absolute Gasteiger partial charge is 0.158 e. The van der Waals surface area contributed by atoms with E-state index in [9.17, 15) is 5.11 Å². The minimum absolute atomic E-state index is 0.319. The number of hydrogen-bond acceptors (Lipinski definition) is 8. The first kappa shape index (κ1) is 19.2. The average Bonchev–Trinajstić information content (AvgIpc) is 3.23. The zero-order valence-electron chi connectivity index (χ0n) is 17.4. The lowest BCUT2D eigenvalue weighted by Gasteiger charge is -2.44. The molecular formula is C23H26N4O4. The van der Waals surface area contributed by atoms with Crippen LogP contribution in [-0.4, -0.2) is 79.5 Å². The van der Waals surface area contributed by atoms with E-state index in [0.29, 0.717) is 19.1 Å². The van der Waals surface area contributed by atoms with E-state index in [2.05, 4.69) is 26.2 Å². The van der Waals surface area contributed by atoms with Crippen LogP contribution >= 0.6 is 0 Å². The molecule has 0 atom stereocenters. The lowest BCUT2D eigenvalue weighted by Crippen LogP contribution is -2.53. The topological polar surface area (TPSA) is 84.1 Å². The summed E-state index contributed by atoms with van der Waals surface area (Å²) in [5.41, 5.74) is 4.51. The molecule has 0 spiro atoms. The molecule has 0 unspecified atom stereocenters. The van der Waals surface area contributed by atoms with Crippen molar-refractivity contribution in [3.8, 4) is 11.1 Å². The van der Waals surface area contributed by atoms with Gasteiger partial charge in [-0.1, -0.05) is 24.3 Å². The second kappa shape index (κ2) is 7.56. The maximum Gasteiger partial charge on any atom is 0.158 e. The highest BCUT2D eigenvalue weighted by molar-refractivity contribution is 5.93. The molecule has 2 aromatic carbocycles. The number of nitrogens with zero attached hydrogens (tertiary/aromatic N) is 4. The quantitative estimate of drug-likeness (QED) is 0.667. The van der Waals surface area contributed by atoms with Gasteiger partial charge in [0.1, 0.15) is 11.1 Å². The number of morpholine rings is 1. The molecule has 6 rings (SSSR count). The fourth-order valence-electron chi connectivity index (χ4n) is 4.89. The lowest BCUT2D eigenvalue weighted by atomic mass is 9.85. The van der Waals surface area contributed by atoms with Crippen LogP contribution < -0.4 is 4.90 Å². The standard InChI is InChI=1S/C23H26N4O4/c28-23(14-30-15-23)19-4-2-1-3-18(19)17-9-20-22(25-31-24-20)21(10-17)27-12-16(13-27)11-26-5-7-29-8-6-26/h1-4,9-10,16,28H,5-8,11-15H2. The molecule has 0 radical (unpaired) electrons. The Hall–Kier alpha value is -2.52. The van der Waals surface area contributed by atoms with Crippen molar-refractivity contribution in [3.05, 3.63) is 42.0 Å². The molecule has 1 N–H and O–H groups in total. The molecule has 8 heteroatoms. The van der Waals surface area contributed by atoms with Gasteiger partial charge >= 0.3 is 0 Å². The Balaban J connectivity index is 1.29. The molecular weight excluding hydrogens is 396 g/mol. The monoisotopic (exact) mass is 422 g/mol. The maximum atomic E-state index is 10.9. The highest BCUT2D eigenvalue weighted by Crippen LogP contribution is 2.40. The van der Waals surface area contributed by atoms with Crippen LogP contribution in [0.4, 0.5) is 5.69 Å². The van der Waals surface area contributed by atoms with Gasteiger partial charge in [0.25, 0.3) is 0 Å². The molecule has 8 nitrogen and oxygen atoms in total. The van der Waals surface area contributed by atoms with Crippen molar-refractivity contribution < 1.29 is 19.2 Å². The third-order valence-corrected chi connectivity index (χ3v) is 6.68. The van der Waals surface area contributed by atoms with Crippen molar-refractivity contribution in [1.82, 2.24) is 15.2 Å². The van der Waals surface area contributed by atoms with Crippen molar-refractivity contribution in [2.75, 3.05) is 64.1 Å². The van der Waals surface area contributed by atoms with Crippen molar-refractivity contribution in [3.63, 3.8) is 0 Å². The highest BCUT2D eigenvalue weighted by atomic mass is 16.6. The third kappa shape index (κ3) is 3.40. The van der Waals surface area contributed by atoms with Crippen molar-refractivity contribution in [2.24, 2.45) is 5.92 Å². The van der Waals surface area contributed by atoms with Gasteiger partial charge in [-0.05, 0) is 39.1 Å². The molecule has 4 heterocycles. The fourth-order valence-corrected chi connectivity index (χ4v) is 4.89. The predicted octanol–water partition coefficient (Wildman–Crippen LogP) is 1.88. The average molecular weight is 422 g/mol. The van der Waals surface area contributed by atoms with Crippen LogP contribution in [-0.2, 0) is 15.1 Å². The summed E-state index contributed by atoms with van der Waals surface area (Å²) in [7, 11) is 0. The van der Waals surface area contributed by atoms with Crippen LogP contribution in [0.2, 0.25) is 0 Å². The molecule has 162 valence electrons. The molecule has 3 aliphatic heterocycles. The van der Waals surface area contributed by atoms with Crippen LogP contribution in [0.3, 0.4) is 0 Å². The Morgan fingerprint density at radius 1 is 1.03 bits per heavy atom. The molecule has 3 saturated heterocycles. The summed E-state index contributed by atoms with van der Waals surface area (Å²) in [5.74, 6) is 0.636. The number of fused-ring (bicyclic) bond motifs is 1. The largest absolute Gasteiger partial charge is 0.380 e. The summed E-state index contributed by atoms with van der Waals surface area (Å²) in [6, 6.07) is 12.1. The van der Waals surface area contributed by atoms with Crippen LogP contribution in [0, 0.1) is 5.92 Å². The molecule has 0 amide bonds. The normalized spacial score (nSPS) is 21.8. The van der Waals surface area contributed by atoms with Crippen molar-refractivity contribution >= 4 is 16.7 Å². The van der Waals surface area contributed by atoms with E-state index in [1.807, 2.05) is 30.3 Å². The first-order valence-corrected chi connectivity index (χ1v) is 10.9. The predicted molar refractivity (Wildman–Crippen MR) is 115 cm³/mol. The van der Waals surface area contributed by atoms with Gasteiger partial charge in [-0.25, -0.2) is 4.63 Å². The van der Waals surface area contributed by atoms with E-state index in [1.54, 1.807) is 0 Å². The van der Waals surface area contributed by atoms with E-state index in [1.165, 1.54) is 0 Å². The lowest BCUT2D eigenvalue weighted by molar-refractivity contribution is -0.184. The van der Waals surface area contributed by atoms with Crippen LogP contribution in [0.15, 0.2) is 41.0 Å². The van der Waals surface area contributed by atoms with Gasteiger partial charge in [-0.3, -0.25) is 4.90 Å². The molecule has 0 saturated carbocycles. The highest BCUT2D eigenvalue weighted by Gasteiger charge is 2.40. The Morgan fingerprint density at radius 3 is 2.61 bits per heavy atom. The van der Waals surface area contributed by atoms with Crippen molar-refractivity contribution in [1.29, 1.82) is 0 Å². The van der Waals surface area contributed by atoms with E-state index < -0.39 is 5.60 Å². The van der Waals surface area contributed by atoms with E-state index in [0.717, 1.165) is 79.3 Å². The molecule has 31 heavy (non-hydrogen) atoms. The summed E-state index contributed by atoms with van der Waals surface area (Å²) in [6.07, 6.45) is 0. The number of rotatable bonds is 5. The zero-order valence-corrected chi connectivity index (χ0v) is 17.4. The van der Waals surface area contributed by atoms with Crippen LogP contribution in [0.5, 0.6) is 0 Å². The van der Waals surface area contributed by atoms with Gasteiger partial charge in [0.2, 0.25) is 0 Å². The first-order chi connectivity index (χ1) is 15.2. The SMILES string of the molecule is OC1(c2ccccc2-c2cc(N3CC(CN4CCOCC4)C3)c3nonc3c2)COC1. The van der Waals surface area contributed by atoms with E-state index in [4.69, 9.17) is 14.1 Å². The number of anilines is 1. The molecule has 1 aromatic heterocycles. The summed E-state index contributed by atoms with van der Waals surface area (Å²) >= 11 is 0. The minimum Gasteiger partial charge on any atom is -0.380 e. The van der Waals surface area contributed by atoms with Crippen LogP contribution in [0.1, 0.15) is 5.56 Å². The van der Waals surface area contributed by atoms with Crippen LogP contribution in [0.25, 0.3) is 22.2 Å². The Bertz CT molecular complexity index is 1080. The second-order valence-electron chi connectivity index (χ2n) is 8.88. The number of aromatic nitrogens is 2. The number of ether oxygens (including phenoxy) is 2. The van der Waals surface area contributed by atoms with Crippen molar-refractivity contribution in [2.45, 2.75) is 5.60 Å². The van der Waals surface area contributed by atoms with Gasteiger partial charge < -0.3 is 19.5 Å². The minimum atomic E-state index is -0.937. The van der Waals surface area contributed by atoms with E-state index in [-0.39, 0.29) is 0 Å². The number of benzene rings is 2. The molecule has 3 fully saturated rings. The van der Waals surface area contributed by atoms with Gasteiger partial charge in [0.05, 0.1) is 32.1 Å². The summed E-state index contributed by atoms with van der Waals surface area (Å²) in [4.78, 5) is 4.84. The van der Waals surface area contributed by atoms with Gasteiger partial charge in [0, 0.05) is 38.6 Å². The molecule has 0 aliphatic carbocycles. The summed E-state index contributed by atoms with van der Waals surface area (Å²) in [6.45, 7) is 7.43. The van der Waals surface area contributed by atoms with Gasteiger partial charge in [-0.2, -0.15) is 0 Å². The summed E-state index contributed by atoms with van der Waals surface area (Å²) in [5, 5.41) is 19.2. The van der Waals surface area contributed by atoms with E-state index >= 15 is 0 Å². The fraction of sp³-hybridized carbons (Fsp3) is 0.478. The molecule has 3 aromatic rings. The number of hydrogen-bond donors (Lipinski definition) is 1. The Morgan fingerprint density at radius 2 is 1.84 bits per heavy atom. The second-order valence-corrected chi connectivity index (χ2v) is 8.88.